The lowest BCUT2D eigenvalue weighted by molar-refractivity contribution is 0.341. The zero-order valence-electron chi connectivity index (χ0n) is 10.7. The fraction of sp³-hybridized carbons (Fsp3) is 0.167. The van der Waals surface area contributed by atoms with Crippen LogP contribution in [-0.4, -0.2) is 16.6 Å². The van der Waals surface area contributed by atoms with E-state index in [4.69, 9.17) is 16.3 Å². The second-order valence-electron chi connectivity index (χ2n) is 3.89. The number of H-pyrrole nitrogens is 1. The van der Waals surface area contributed by atoms with Gasteiger partial charge in [-0.2, -0.15) is 0 Å². The van der Waals surface area contributed by atoms with Gasteiger partial charge < -0.3 is 20.9 Å². The number of nitrogen functional groups attached to an aromatic ring is 2. The monoisotopic (exact) mass is 339 g/mol. The Balaban J connectivity index is 2.62. The molecule has 8 heteroatoms. The molecule has 1 aromatic carbocycles. The maximum atomic E-state index is 11.8. The van der Waals surface area contributed by atoms with E-state index < -0.39 is 5.56 Å². The number of nitrogens with two attached hydrogens (primary N) is 2. The first-order chi connectivity index (χ1) is 9.56. The summed E-state index contributed by atoms with van der Waals surface area (Å²) in [6.45, 7) is 2.36. The van der Waals surface area contributed by atoms with Crippen molar-refractivity contribution in [1.29, 1.82) is 0 Å². The van der Waals surface area contributed by atoms with Gasteiger partial charge in [-0.15, -0.1) is 0 Å². The van der Waals surface area contributed by atoms with E-state index in [1.165, 1.54) is 0 Å². The Hall–Kier alpha value is -2.06. The molecule has 0 saturated heterocycles. The molecule has 0 aliphatic heterocycles. The number of hydrogen-bond acceptors (Lipinski definition) is 6. The third-order valence-corrected chi connectivity index (χ3v) is 3.08. The molecule has 1 aromatic heterocycles. The number of rotatable bonds is 4. The quantitative estimate of drug-likeness (QED) is 0.494. The summed E-state index contributed by atoms with van der Waals surface area (Å²) in [6.07, 6.45) is 0. The highest BCUT2D eigenvalue weighted by Gasteiger charge is 2.13. The molecule has 6 N–H and O–H groups in total. The minimum Gasteiger partial charge on any atom is -0.493 e. The first-order valence-electron chi connectivity index (χ1n) is 5.86. The van der Waals surface area contributed by atoms with Gasteiger partial charge in [-0.05, 0) is 25.1 Å². The average molecular weight is 340 g/mol. The van der Waals surface area contributed by atoms with E-state index in [-0.39, 0.29) is 11.5 Å². The molecule has 106 valence electrons. The number of benzene rings is 1. The van der Waals surface area contributed by atoms with Crippen molar-refractivity contribution in [3.63, 3.8) is 0 Å². The van der Waals surface area contributed by atoms with Gasteiger partial charge >= 0.3 is 0 Å². The third kappa shape index (κ3) is 2.75. The molecule has 0 aliphatic rings. The number of hydrogen-bond donors (Lipinski definition) is 4. The summed E-state index contributed by atoms with van der Waals surface area (Å²) in [4.78, 5) is 18.5. The molecule has 0 saturated carbocycles. The summed E-state index contributed by atoms with van der Waals surface area (Å²) in [6, 6.07) is 5.40. The number of ether oxygens (including phenoxy) is 1. The Morgan fingerprint density at radius 1 is 1.50 bits per heavy atom. The number of nitrogens with zero attached hydrogens (tertiary/aromatic N) is 1. The molecular weight excluding hydrogens is 326 g/mol. The standard InChI is InChI=1S/C12H14BrN5O2/c1-2-20-8-5-6(13)3-4-7(8)10-16-11(18-15)9(14)12(19)17-10/h3-5H,2,14-15H2,1H3,(H2,16,17,18,19). The minimum absolute atomic E-state index is 0.0636. The van der Waals surface area contributed by atoms with Gasteiger partial charge in [0.2, 0.25) is 0 Å². The number of aromatic amines is 1. The molecular formula is C12H14BrN5O2. The van der Waals surface area contributed by atoms with E-state index in [1.54, 1.807) is 12.1 Å². The summed E-state index contributed by atoms with van der Waals surface area (Å²) in [5, 5.41) is 0. The molecule has 1 heterocycles. The lowest BCUT2D eigenvalue weighted by Gasteiger charge is -2.11. The van der Waals surface area contributed by atoms with Crippen LogP contribution in [0.15, 0.2) is 27.5 Å². The van der Waals surface area contributed by atoms with Gasteiger partial charge in [0.05, 0.1) is 12.2 Å². The van der Waals surface area contributed by atoms with E-state index in [0.717, 1.165) is 4.47 Å². The molecule has 0 radical (unpaired) electrons. The Morgan fingerprint density at radius 2 is 2.25 bits per heavy atom. The van der Waals surface area contributed by atoms with Crippen LogP contribution in [0.25, 0.3) is 11.4 Å². The van der Waals surface area contributed by atoms with Crippen molar-refractivity contribution in [2.24, 2.45) is 5.84 Å². The number of nitrogens with one attached hydrogen (secondary N) is 2. The maximum Gasteiger partial charge on any atom is 0.276 e. The van der Waals surface area contributed by atoms with Crippen molar-refractivity contribution < 1.29 is 4.74 Å². The molecule has 2 rings (SSSR count). The molecule has 0 bridgehead atoms. The lowest BCUT2D eigenvalue weighted by atomic mass is 10.2. The van der Waals surface area contributed by atoms with Gasteiger partial charge in [-0.3, -0.25) is 4.79 Å². The van der Waals surface area contributed by atoms with E-state index in [1.807, 2.05) is 13.0 Å². The summed E-state index contributed by atoms with van der Waals surface area (Å²) in [7, 11) is 0. The molecule has 0 unspecified atom stereocenters. The van der Waals surface area contributed by atoms with Crippen LogP contribution in [0.1, 0.15) is 6.92 Å². The second-order valence-corrected chi connectivity index (χ2v) is 4.81. The molecule has 0 atom stereocenters. The highest BCUT2D eigenvalue weighted by Crippen LogP contribution is 2.31. The Kier molecular flexibility index (Phi) is 4.26. The zero-order chi connectivity index (χ0) is 14.7. The molecule has 2 aromatic rings. The first kappa shape index (κ1) is 14.4. The number of anilines is 2. The summed E-state index contributed by atoms with van der Waals surface area (Å²) < 4.78 is 6.40. The van der Waals surface area contributed by atoms with E-state index in [9.17, 15) is 4.79 Å². The van der Waals surface area contributed by atoms with Gasteiger partial charge in [0, 0.05) is 4.47 Å². The van der Waals surface area contributed by atoms with Gasteiger partial charge in [0.25, 0.3) is 5.56 Å². The molecule has 0 spiro atoms. The predicted octanol–water partition coefficient (Wildman–Crippen LogP) is 1.47. The Labute approximate surface area is 123 Å². The fourth-order valence-electron chi connectivity index (χ4n) is 1.69. The van der Waals surface area contributed by atoms with Crippen LogP contribution in [0.5, 0.6) is 5.75 Å². The molecule has 7 nitrogen and oxygen atoms in total. The summed E-state index contributed by atoms with van der Waals surface area (Å²) in [5.74, 6) is 6.34. The Bertz CT molecular complexity index is 686. The highest BCUT2D eigenvalue weighted by atomic mass is 79.9. The average Bonchev–Trinajstić information content (AvgIpc) is 2.42. The molecule has 0 amide bonds. The van der Waals surface area contributed by atoms with E-state index in [2.05, 4.69) is 31.3 Å². The molecule has 20 heavy (non-hydrogen) atoms. The van der Waals surface area contributed by atoms with Crippen molar-refractivity contribution in [2.75, 3.05) is 17.8 Å². The van der Waals surface area contributed by atoms with Gasteiger partial charge in [0.15, 0.2) is 5.82 Å². The van der Waals surface area contributed by atoms with E-state index in [0.29, 0.717) is 23.7 Å². The van der Waals surface area contributed by atoms with Crippen molar-refractivity contribution in [3.05, 3.63) is 33.0 Å². The van der Waals surface area contributed by atoms with Crippen LogP contribution in [0.4, 0.5) is 11.5 Å². The van der Waals surface area contributed by atoms with Crippen LogP contribution in [0, 0.1) is 0 Å². The topological polar surface area (TPSA) is 119 Å². The normalized spacial score (nSPS) is 10.3. The number of halogens is 1. The van der Waals surface area contributed by atoms with Crippen molar-refractivity contribution >= 4 is 27.4 Å². The summed E-state index contributed by atoms with van der Waals surface area (Å²) in [5.41, 5.74) is 7.99. The van der Waals surface area contributed by atoms with Crippen LogP contribution in [-0.2, 0) is 0 Å². The van der Waals surface area contributed by atoms with Gasteiger partial charge in [0.1, 0.15) is 17.3 Å². The molecule has 0 fully saturated rings. The van der Waals surface area contributed by atoms with E-state index >= 15 is 0 Å². The second kappa shape index (κ2) is 5.93. The SMILES string of the molecule is CCOc1cc(Br)ccc1-c1nc(NN)c(N)c(=O)[nH]1. The van der Waals surface area contributed by atoms with Crippen molar-refractivity contribution in [1.82, 2.24) is 9.97 Å². The summed E-state index contributed by atoms with van der Waals surface area (Å²) >= 11 is 3.37. The first-order valence-corrected chi connectivity index (χ1v) is 6.65. The van der Waals surface area contributed by atoms with Gasteiger partial charge in [-0.1, -0.05) is 15.9 Å². The van der Waals surface area contributed by atoms with Crippen LogP contribution < -0.4 is 27.3 Å². The smallest absolute Gasteiger partial charge is 0.276 e. The Morgan fingerprint density at radius 3 is 2.90 bits per heavy atom. The lowest BCUT2D eigenvalue weighted by Crippen LogP contribution is -2.20. The van der Waals surface area contributed by atoms with Crippen molar-refractivity contribution in [3.8, 4) is 17.1 Å². The fourth-order valence-corrected chi connectivity index (χ4v) is 2.03. The minimum atomic E-state index is -0.465. The van der Waals surface area contributed by atoms with Crippen molar-refractivity contribution in [2.45, 2.75) is 6.92 Å². The van der Waals surface area contributed by atoms with Crippen LogP contribution in [0.3, 0.4) is 0 Å². The van der Waals surface area contributed by atoms with Gasteiger partial charge in [-0.25, -0.2) is 10.8 Å². The highest BCUT2D eigenvalue weighted by molar-refractivity contribution is 9.10. The molecule has 0 aliphatic carbocycles. The maximum absolute atomic E-state index is 11.8. The van der Waals surface area contributed by atoms with Crippen LogP contribution >= 0.6 is 15.9 Å². The third-order valence-electron chi connectivity index (χ3n) is 2.59. The largest absolute Gasteiger partial charge is 0.493 e. The zero-order valence-corrected chi connectivity index (χ0v) is 12.3. The number of hydrazine groups is 1. The number of aromatic nitrogens is 2. The van der Waals surface area contributed by atoms with Crippen LogP contribution in [0.2, 0.25) is 0 Å². The predicted molar refractivity (Wildman–Crippen MR) is 81.4 cm³/mol.